The Morgan fingerprint density at radius 2 is 1.92 bits per heavy atom. The van der Waals surface area contributed by atoms with Gasteiger partial charge in [-0.05, 0) is 30.5 Å². The standard InChI is InChI=1S/C20H27ClN2O2/c21-18-7-3-2-6-17(18)8-9-19(24)22-16-20(10-4-1-5-11-20)23-12-14-25-15-13-23/h2-3,6-9H,1,4-5,10-16H2,(H,22,24). The Balaban J connectivity index is 1.60. The molecule has 1 aliphatic heterocycles. The summed E-state index contributed by atoms with van der Waals surface area (Å²) in [6, 6.07) is 7.53. The molecule has 0 unspecified atom stereocenters. The number of morpholine rings is 1. The highest BCUT2D eigenvalue weighted by atomic mass is 35.5. The molecule has 25 heavy (non-hydrogen) atoms. The average molecular weight is 363 g/mol. The first kappa shape index (κ1) is 18.4. The van der Waals surface area contributed by atoms with E-state index in [-0.39, 0.29) is 11.4 Å². The maximum atomic E-state index is 12.3. The van der Waals surface area contributed by atoms with Crippen molar-refractivity contribution in [3.8, 4) is 0 Å². The summed E-state index contributed by atoms with van der Waals surface area (Å²) < 4.78 is 5.51. The second kappa shape index (κ2) is 8.84. The molecule has 0 atom stereocenters. The van der Waals surface area contributed by atoms with E-state index in [1.165, 1.54) is 19.3 Å². The van der Waals surface area contributed by atoms with Gasteiger partial charge in [-0.1, -0.05) is 49.1 Å². The minimum atomic E-state index is -0.0573. The van der Waals surface area contributed by atoms with Crippen LogP contribution in [0.1, 0.15) is 37.7 Å². The topological polar surface area (TPSA) is 41.6 Å². The van der Waals surface area contributed by atoms with Gasteiger partial charge < -0.3 is 10.1 Å². The predicted octanol–water partition coefficient (Wildman–Crippen LogP) is 3.50. The van der Waals surface area contributed by atoms with Crippen molar-refractivity contribution in [2.75, 3.05) is 32.8 Å². The number of nitrogens with zero attached hydrogens (tertiary/aromatic N) is 1. The SMILES string of the molecule is O=C(C=Cc1ccccc1Cl)NCC1(N2CCOCC2)CCCCC1. The molecule has 1 saturated carbocycles. The Kier molecular flexibility index (Phi) is 6.51. The number of amides is 1. The molecule has 1 saturated heterocycles. The van der Waals surface area contributed by atoms with Gasteiger partial charge in [0, 0.05) is 36.3 Å². The van der Waals surface area contributed by atoms with Crippen LogP contribution in [0.4, 0.5) is 0 Å². The molecule has 1 aromatic carbocycles. The van der Waals surface area contributed by atoms with Crippen LogP contribution in [-0.4, -0.2) is 49.2 Å². The Hall–Kier alpha value is -1.36. The van der Waals surface area contributed by atoms with Gasteiger partial charge in [0.25, 0.3) is 0 Å². The number of ether oxygens (including phenoxy) is 1. The van der Waals surface area contributed by atoms with E-state index in [9.17, 15) is 4.79 Å². The van der Waals surface area contributed by atoms with Crippen LogP contribution in [0, 0.1) is 0 Å². The van der Waals surface area contributed by atoms with Crippen LogP contribution in [0.3, 0.4) is 0 Å². The van der Waals surface area contributed by atoms with Crippen molar-refractivity contribution in [3.63, 3.8) is 0 Å². The number of carbonyl (C=O) groups excluding carboxylic acids is 1. The number of carbonyl (C=O) groups is 1. The predicted molar refractivity (Wildman–Crippen MR) is 102 cm³/mol. The lowest BCUT2D eigenvalue weighted by Gasteiger charge is -2.48. The second-order valence-corrected chi connectivity index (χ2v) is 7.36. The monoisotopic (exact) mass is 362 g/mol. The van der Waals surface area contributed by atoms with Crippen molar-refractivity contribution in [1.82, 2.24) is 10.2 Å². The van der Waals surface area contributed by atoms with Crippen molar-refractivity contribution in [2.45, 2.75) is 37.6 Å². The molecule has 0 spiro atoms. The Labute approximate surface area is 155 Å². The normalized spacial score (nSPS) is 21.3. The quantitative estimate of drug-likeness (QED) is 0.815. The van der Waals surface area contributed by atoms with E-state index < -0.39 is 0 Å². The zero-order valence-electron chi connectivity index (χ0n) is 14.7. The summed E-state index contributed by atoms with van der Waals surface area (Å²) in [5.74, 6) is -0.0573. The number of halogens is 1. The summed E-state index contributed by atoms with van der Waals surface area (Å²) in [7, 11) is 0. The van der Waals surface area contributed by atoms with Crippen molar-refractivity contribution in [3.05, 3.63) is 40.9 Å². The largest absolute Gasteiger partial charge is 0.379 e. The summed E-state index contributed by atoms with van der Waals surface area (Å²) in [6.45, 7) is 4.22. The second-order valence-electron chi connectivity index (χ2n) is 6.96. The van der Waals surface area contributed by atoms with Gasteiger partial charge in [-0.3, -0.25) is 9.69 Å². The third-order valence-corrected chi connectivity index (χ3v) is 5.72. The van der Waals surface area contributed by atoms with Crippen LogP contribution in [0.25, 0.3) is 6.08 Å². The van der Waals surface area contributed by atoms with Gasteiger partial charge >= 0.3 is 0 Å². The van der Waals surface area contributed by atoms with Crippen LogP contribution < -0.4 is 5.32 Å². The molecule has 4 nitrogen and oxygen atoms in total. The van der Waals surface area contributed by atoms with Crippen LogP contribution in [-0.2, 0) is 9.53 Å². The zero-order chi connectivity index (χ0) is 17.5. The lowest BCUT2D eigenvalue weighted by atomic mass is 9.79. The number of hydrogen-bond donors (Lipinski definition) is 1. The summed E-state index contributed by atoms with van der Waals surface area (Å²) in [5, 5.41) is 3.79. The molecule has 1 aromatic rings. The molecular formula is C20H27ClN2O2. The average Bonchev–Trinajstić information content (AvgIpc) is 2.67. The zero-order valence-corrected chi connectivity index (χ0v) is 15.4. The molecule has 0 radical (unpaired) electrons. The number of hydrogen-bond acceptors (Lipinski definition) is 3. The summed E-state index contributed by atoms with van der Waals surface area (Å²) in [4.78, 5) is 14.8. The molecule has 136 valence electrons. The highest BCUT2D eigenvalue weighted by molar-refractivity contribution is 6.32. The van der Waals surface area contributed by atoms with Crippen molar-refractivity contribution < 1.29 is 9.53 Å². The minimum absolute atomic E-state index is 0.0573. The third-order valence-electron chi connectivity index (χ3n) is 5.38. The van der Waals surface area contributed by atoms with E-state index in [1.54, 1.807) is 12.2 Å². The first-order valence-electron chi connectivity index (χ1n) is 9.23. The van der Waals surface area contributed by atoms with E-state index >= 15 is 0 Å². The van der Waals surface area contributed by atoms with Gasteiger partial charge in [0.05, 0.1) is 13.2 Å². The van der Waals surface area contributed by atoms with Crippen molar-refractivity contribution >= 4 is 23.6 Å². The third kappa shape index (κ3) is 4.84. The van der Waals surface area contributed by atoms with Gasteiger partial charge in [-0.2, -0.15) is 0 Å². The first-order valence-corrected chi connectivity index (χ1v) is 9.61. The smallest absolute Gasteiger partial charge is 0.244 e. The van der Waals surface area contributed by atoms with Crippen LogP contribution in [0.5, 0.6) is 0 Å². The van der Waals surface area contributed by atoms with Crippen LogP contribution in [0.2, 0.25) is 5.02 Å². The molecule has 2 fully saturated rings. The van der Waals surface area contributed by atoms with Crippen molar-refractivity contribution in [1.29, 1.82) is 0 Å². The summed E-state index contributed by atoms with van der Waals surface area (Å²) in [6.07, 6.45) is 9.44. The lowest BCUT2D eigenvalue weighted by molar-refractivity contribution is -0.117. The number of nitrogens with one attached hydrogen (secondary N) is 1. The molecule has 0 aromatic heterocycles. The molecule has 1 aliphatic carbocycles. The van der Waals surface area contributed by atoms with E-state index in [4.69, 9.17) is 16.3 Å². The van der Waals surface area contributed by atoms with Crippen molar-refractivity contribution in [2.24, 2.45) is 0 Å². The maximum Gasteiger partial charge on any atom is 0.244 e. The van der Waals surface area contributed by atoms with Gasteiger partial charge in [0.1, 0.15) is 0 Å². The fourth-order valence-corrected chi connectivity index (χ4v) is 4.14. The van der Waals surface area contributed by atoms with Gasteiger partial charge in [0.2, 0.25) is 5.91 Å². The first-order chi connectivity index (χ1) is 12.2. The maximum absolute atomic E-state index is 12.3. The molecule has 5 heteroatoms. The van der Waals surface area contributed by atoms with Gasteiger partial charge in [0.15, 0.2) is 0 Å². The van der Waals surface area contributed by atoms with Crippen LogP contribution in [0.15, 0.2) is 30.3 Å². The Morgan fingerprint density at radius 1 is 1.20 bits per heavy atom. The highest BCUT2D eigenvalue weighted by Crippen LogP contribution is 2.33. The van der Waals surface area contributed by atoms with Crippen LogP contribution >= 0.6 is 11.6 Å². The fourth-order valence-electron chi connectivity index (χ4n) is 3.94. The van der Waals surface area contributed by atoms with E-state index in [0.29, 0.717) is 11.6 Å². The Morgan fingerprint density at radius 3 is 2.64 bits per heavy atom. The van der Waals surface area contributed by atoms with Gasteiger partial charge in [-0.15, -0.1) is 0 Å². The molecule has 1 amide bonds. The van der Waals surface area contributed by atoms with Gasteiger partial charge in [-0.25, -0.2) is 0 Å². The lowest BCUT2D eigenvalue weighted by Crippen LogP contribution is -2.59. The number of rotatable bonds is 5. The molecule has 1 N–H and O–H groups in total. The summed E-state index contributed by atoms with van der Waals surface area (Å²) >= 11 is 6.13. The molecule has 2 aliphatic rings. The molecular weight excluding hydrogens is 336 g/mol. The van der Waals surface area contributed by atoms with E-state index in [1.807, 2.05) is 24.3 Å². The molecule has 3 rings (SSSR count). The molecule has 1 heterocycles. The van der Waals surface area contributed by atoms with E-state index in [2.05, 4.69) is 10.2 Å². The molecule has 0 bridgehead atoms. The Bertz CT molecular complexity index is 605. The van der Waals surface area contributed by atoms with E-state index in [0.717, 1.165) is 44.7 Å². The number of benzene rings is 1. The summed E-state index contributed by atoms with van der Waals surface area (Å²) in [5.41, 5.74) is 0.954. The highest BCUT2D eigenvalue weighted by Gasteiger charge is 2.38. The fraction of sp³-hybridized carbons (Fsp3) is 0.550. The minimum Gasteiger partial charge on any atom is -0.379 e.